The first-order chi connectivity index (χ1) is 13.2. The van der Waals surface area contributed by atoms with E-state index >= 15 is 0 Å². The number of likely N-dealkylation sites (N-methyl/N-ethyl adjacent to an activating group) is 1. The number of likely N-dealkylation sites (tertiary alicyclic amines) is 1. The van der Waals surface area contributed by atoms with E-state index in [0.29, 0.717) is 25.7 Å². The lowest BCUT2D eigenvalue weighted by Gasteiger charge is -2.30. The van der Waals surface area contributed by atoms with Gasteiger partial charge in [-0.05, 0) is 49.4 Å². The molecule has 0 bridgehead atoms. The van der Waals surface area contributed by atoms with Crippen LogP contribution in [0.5, 0.6) is 11.5 Å². The minimum absolute atomic E-state index is 0.141. The summed E-state index contributed by atoms with van der Waals surface area (Å²) in [5.74, 6) is 2.39. The van der Waals surface area contributed by atoms with Crippen LogP contribution in [-0.2, 0) is 9.53 Å². The minimum Gasteiger partial charge on any atom is -0.486 e. The van der Waals surface area contributed by atoms with Crippen molar-refractivity contribution in [2.75, 3.05) is 52.6 Å². The number of carbonyl (C=O) groups excluding carboxylic acids is 1. The van der Waals surface area contributed by atoms with Crippen LogP contribution in [0.25, 0.3) is 0 Å². The molecule has 2 atom stereocenters. The van der Waals surface area contributed by atoms with Crippen molar-refractivity contribution in [2.24, 2.45) is 5.92 Å². The van der Waals surface area contributed by atoms with Crippen molar-refractivity contribution in [3.05, 3.63) is 23.8 Å². The van der Waals surface area contributed by atoms with Crippen molar-refractivity contribution in [1.82, 2.24) is 9.80 Å². The van der Waals surface area contributed by atoms with Gasteiger partial charge in [0.2, 0.25) is 5.91 Å². The number of benzene rings is 1. The van der Waals surface area contributed by atoms with Gasteiger partial charge in [0, 0.05) is 19.7 Å². The first kappa shape index (κ1) is 18.6. The maximum absolute atomic E-state index is 13.1. The quantitative estimate of drug-likeness (QED) is 0.766. The SMILES string of the molecule is CCN(CC(=O)N1CCCC1c1ccc2c(c1)OCCO2)CC1CCOC1. The fourth-order valence-electron chi connectivity index (χ4n) is 4.36. The Morgan fingerprint density at radius 2 is 2.04 bits per heavy atom. The van der Waals surface area contributed by atoms with Crippen LogP contribution in [0.3, 0.4) is 0 Å². The summed E-state index contributed by atoms with van der Waals surface area (Å²) in [6.07, 6.45) is 3.16. The van der Waals surface area contributed by atoms with Crippen LogP contribution in [-0.4, -0.2) is 68.3 Å². The monoisotopic (exact) mass is 374 g/mol. The lowest BCUT2D eigenvalue weighted by molar-refractivity contribution is -0.133. The van der Waals surface area contributed by atoms with E-state index in [1.54, 1.807) is 0 Å². The van der Waals surface area contributed by atoms with E-state index in [2.05, 4.69) is 28.9 Å². The van der Waals surface area contributed by atoms with Crippen LogP contribution < -0.4 is 9.47 Å². The van der Waals surface area contributed by atoms with Crippen LogP contribution >= 0.6 is 0 Å². The molecule has 6 nitrogen and oxygen atoms in total. The number of hydrogen-bond donors (Lipinski definition) is 0. The number of rotatable bonds is 6. The van der Waals surface area contributed by atoms with Crippen molar-refractivity contribution in [1.29, 1.82) is 0 Å². The largest absolute Gasteiger partial charge is 0.486 e. The highest BCUT2D eigenvalue weighted by molar-refractivity contribution is 5.79. The van der Waals surface area contributed by atoms with Gasteiger partial charge in [-0.2, -0.15) is 0 Å². The molecule has 0 N–H and O–H groups in total. The van der Waals surface area contributed by atoms with Gasteiger partial charge >= 0.3 is 0 Å². The van der Waals surface area contributed by atoms with E-state index in [9.17, 15) is 4.79 Å². The second-order valence-electron chi connectivity index (χ2n) is 7.71. The van der Waals surface area contributed by atoms with Crippen LogP contribution in [0, 0.1) is 5.92 Å². The van der Waals surface area contributed by atoms with Crippen molar-refractivity contribution in [3.63, 3.8) is 0 Å². The van der Waals surface area contributed by atoms with Crippen LogP contribution in [0.2, 0.25) is 0 Å². The van der Waals surface area contributed by atoms with Crippen LogP contribution in [0.4, 0.5) is 0 Å². The van der Waals surface area contributed by atoms with Gasteiger partial charge in [0.1, 0.15) is 13.2 Å². The van der Waals surface area contributed by atoms with Gasteiger partial charge in [0.25, 0.3) is 0 Å². The second-order valence-corrected chi connectivity index (χ2v) is 7.71. The van der Waals surface area contributed by atoms with Gasteiger partial charge in [0.15, 0.2) is 11.5 Å². The smallest absolute Gasteiger partial charge is 0.237 e. The zero-order valence-electron chi connectivity index (χ0n) is 16.2. The first-order valence-corrected chi connectivity index (χ1v) is 10.2. The van der Waals surface area contributed by atoms with Crippen molar-refractivity contribution >= 4 is 5.91 Å². The van der Waals surface area contributed by atoms with Gasteiger partial charge in [-0.1, -0.05) is 13.0 Å². The number of fused-ring (bicyclic) bond motifs is 1. The molecule has 3 heterocycles. The van der Waals surface area contributed by atoms with Gasteiger partial charge in [0.05, 0.1) is 19.2 Å². The topological polar surface area (TPSA) is 51.2 Å². The number of nitrogens with zero attached hydrogens (tertiary/aromatic N) is 2. The molecular formula is C21H30N2O4. The van der Waals surface area contributed by atoms with Gasteiger partial charge < -0.3 is 19.1 Å². The highest BCUT2D eigenvalue weighted by Crippen LogP contribution is 2.38. The molecule has 2 unspecified atom stereocenters. The summed E-state index contributed by atoms with van der Waals surface area (Å²) in [4.78, 5) is 17.4. The number of carbonyl (C=O) groups is 1. The van der Waals surface area contributed by atoms with Crippen molar-refractivity contribution in [3.8, 4) is 11.5 Å². The fraction of sp³-hybridized carbons (Fsp3) is 0.667. The summed E-state index contributed by atoms with van der Waals surface area (Å²) in [5.41, 5.74) is 1.15. The lowest BCUT2D eigenvalue weighted by atomic mass is 10.0. The Labute approximate surface area is 161 Å². The molecule has 0 spiro atoms. The summed E-state index contributed by atoms with van der Waals surface area (Å²) in [7, 11) is 0. The van der Waals surface area contributed by atoms with Crippen LogP contribution in [0.15, 0.2) is 18.2 Å². The molecule has 2 saturated heterocycles. The molecule has 1 aromatic carbocycles. The highest BCUT2D eigenvalue weighted by Gasteiger charge is 2.32. The lowest BCUT2D eigenvalue weighted by Crippen LogP contribution is -2.41. The molecule has 148 valence electrons. The fourth-order valence-corrected chi connectivity index (χ4v) is 4.36. The molecule has 0 radical (unpaired) electrons. The highest BCUT2D eigenvalue weighted by atomic mass is 16.6. The average molecular weight is 374 g/mol. The molecule has 0 aromatic heterocycles. The number of ether oxygens (including phenoxy) is 3. The number of amides is 1. The molecular weight excluding hydrogens is 344 g/mol. The molecule has 1 aromatic rings. The Morgan fingerprint density at radius 3 is 2.81 bits per heavy atom. The maximum atomic E-state index is 13.1. The molecule has 4 rings (SSSR count). The average Bonchev–Trinajstić information content (AvgIpc) is 3.39. The third-order valence-corrected chi connectivity index (χ3v) is 5.87. The molecule has 3 aliphatic rings. The second kappa shape index (κ2) is 8.48. The van der Waals surface area contributed by atoms with Crippen LogP contribution in [0.1, 0.15) is 37.8 Å². The zero-order valence-corrected chi connectivity index (χ0v) is 16.2. The summed E-state index contributed by atoms with van der Waals surface area (Å²) in [6, 6.07) is 6.25. The maximum Gasteiger partial charge on any atom is 0.237 e. The Balaban J connectivity index is 1.41. The predicted molar refractivity (Wildman–Crippen MR) is 102 cm³/mol. The standard InChI is InChI=1S/C21H30N2O4/c1-2-22(13-16-7-9-25-15-16)14-21(24)23-8-3-4-18(23)17-5-6-19-20(12-17)27-11-10-26-19/h5-6,12,16,18H,2-4,7-11,13-15H2,1H3. The van der Waals surface area contributed by atoms with Crippen molar-refractivity contribution in [2.45, 2.75) is 32.2 Å². The zero-order chi connectivity index (χ0) is 18.6. The van der Waals surface area contributed by atoms with E-state index in [1.807, 2.05) is 6.07 Å². The van der Waals surface area contributed by atoms with E-state index in [-0.39, 0.29) is 11.9 Å². The molecule has 27 heavy (non-hydrogen) atoms. The molecule has 0 aliphatic carbocycles. The Kier molecular flexibility index (Phi) is 5.83. The van der Waals surface area contributed by atoms with E-state index < -0.39 is 0 Å². The normalized spacial score (nSPS) is 24.6. The van der Waals surface area contributed by atoms with Gasteiger partial charge in [-0.25, -0.2) is 0 Å². The van der Waals surface area contributed by atoms with Gasteiger partial charge in [-0.15, -0.1) is 0 Å². The summed E-state index contributed by atoms with van der Waals surface area (Å²) in [6.45, 7) is 8.17. The van der Waals surface area contributed by atoms with E-state index in [1.165, 1.54) is 0 Å². The third-order valence-electron chi connectivity index (χ3n) is 5.87. The Hall–Kier alpha value is -1.79. The molecule has 0 saturated carbocycles. The van der Waals surface area contributed by atoms with Crippen molar-refractivity contribution < 1.29 is 19.0 Å². The Morgan fingerprint density at radius 1 is 1.19 bits per heavy atom. The third kappa shape index (κ3) is 4.22. The summed E-state index contributed by atoms with van der Waals surface area (Å²) in [5, 5.41) is 0. The predicted octanol–water partition coefficient (Wildman–Crippen LogP) is 2.48. The number of hydrogen-bond acceptors (Lipinski definition) is 5. The summed E-state index contributed by atoms with van der Waals surface area (Å²) < 4.78 is 16.8. The summed E-state index contributed by atoms with van der Waals surface area (Å²) >= 11 is 0. The molecule has 3 aliphatic heterocycles. The van der Waals surface area contributed by atoms with E-state index in [0.717, 1.165) is 69.2 Å². The van der Waals surface area contributed by atoms with Gasteiger partial charge in [-0.3, -0.25) is 9.69 Å². The minimum atomic E-state index is 0.141. The molecule has 2 fully saturated rings. The molecule has 1 amide bonds. The first-order valence-electron chi connectivity index (χ1n) is 10.2. The Bertz CT molecular complexity index is 660. The molecule has 6 heteroatoms. The van der Waals surface area contributed by atoms with E-state index in [4.69, 9.17) is 14.2 Å².